The van der Waals surface area contributed by atoms with Crippen LogP contribution in [0.4, 0.5) is 5.69 Å². The van der Waals surface area contributed by atoms with Crippen LogP contribution in [-0.2, 0) is 14.3 Å². The molecule has 0 aromatic heterocycles. The number of carbonyl (C=O) groups excluding carboxylic acids is 2. The number of amides is 1. The molecule has 162 valence electrons. The number of ketones is 1. The first kappa shape index (κ1) is 22.0. The van der Waals surface area contributed by atoms with Crippen LogP contribution in [0.3, 0.4) is 0 Å². The van der Waals surface area contributed by atoms with Crippen molar-refractivity contribution in [2.45, 2.75) is 12.5 Å². The number of carbonyl (C=O) groups is 2. The van der Waals surface area contributed by atoms with E-state index in [1.807, 2.05) is 0 Å². The number of ether oxygens (including phenoxy) is 2. The average Bonchev–Trinajstić information content (AvgIpc) is 3.04. The van der Waals surface area contributed by atoms with Crippen LogP contribution in [0.2, 0.25) is 0 Å². The second-order valence-corrected chi connectivity index (χ2v) is 6.92. The highest BCUT2D eigenvalue weighted by Gasteiger charge is 2.46. The van der Waals surface area contributed by atoms with Crippen LogP contribution in [0.25, 0.3) is 5.76 Å². The third-order valence-corrected chi connectivity index (χ3v) is 5.05. The minimum atomic E-state index is -0.959. The summed E-state index contributed by atoms with van der Waals surface area (Å²) in [5.74, 6) is -1.41. The van der Waals surface area contributed by atoms with E-state index in [1.165, 1.54) is 37.3 Å². The first-order valence-corrected chi connectivity index (χ1v) is 9.55. The van der Waals surface area contributed by atoms with Crippen molar-refractivity contribution < 1.29 is 29.1 Å². The molecule has 1 fully saturated rings. The van der Waals surface area contributed by atoms with Crippen molar-refractivity contribution in [1.29, 1.82) is 0 Å². The van der Waals surface area contributed by atoms with Gasteiger partial charge in [0, 0.05) is 38.0 Å². The van der Waals surface area contributed by atoms with Gasteiger partial charge in [-0.15, -0.1) is 0 Å². The number of benzene rings is 2. The van der Waals surface area contributed by atoms with E-state index >= 15 is 0 Å². The molecule has 2 aromatic carbocycles. The molecule has 1 aliphatic rings. The number of non-ortho nitro benzene ring substituents is 1. The van der Waals surface area contributed by atoms with E-state index in [4.69, 9.17) is 9.47 Å². The maximum Gasteiger partial charge on any atom is 0.295 e. The van der Waals surface area contributed by atoms with E-state index in [0.717, 1.165) is 0 Å². The molecule has 0 saturated carbocycles. The van der Waals surface area contributed by atoms with Crippen LogP contribution in [0.5, 0.6) is 5.75 Å². The first-order valence-electron chi connectivity index (χ1n) is 9.55. The number of aliphatic hydroxyl groups excluding tert-OH is 1. The summed E-state index contributed by atoms with van der Waals surface area (Å²) in [4.78, 5) is 37.7. The SMILES string of the molecule is COCCCN1C(=O)C(=O)/C(=C(/O)c2ccc(OC)cc2)[C@@H]1c1cccc([N+](=O)[O-])c1. The molecule has 3 rings (SSSR count). The molecule has 0 unspecified atom stereocenters. The Morgan fingerprint density at radius 1 is 1.16 bits per heavy atom. The Bertz CT molecular complexity index is 1030. The number of likely N-dealkylation sites (tertiary alicyclic amines) is 1. The van der Waals surface area contributed by atoms with Gasteiger partial charge in [0.1, 0.15) is 11.5 Å². The van der Waals surface area contributed by atoms with Crippen LogP contribution < -0.4 is 4.74 Å². The maximum atomic E-state index is 12.9. The monoisotopic (exact) mass is 426 g/mol. The number of Topliss-reactive ketones (excluding diaryl/α,β-unsaturated/α-hetero) is 1. The number of nitro groups is 1. The highest BCUT2D eigenvalue weighted by molar-refractivity contribution is 6.46. The van der Waals surface area contributed by atoms with E-state index in [9.17, 15) is 24.8 Å². The predicted molar refractivity (Wildman–Crippen MR) is 112 cm³/mol. The summed E-state index contributed by atoms with van der Waals surface area (Å²) < 4.78 is 10.1. The Labute approximate surface area is 178 Å². The van der Waals surface area contributed by atoms with Gasteiger partial charge < -0.3 is 19.5 Å². The first-order chi connectivity index (χ1) is 14.9. The fraction of sp³-hybridized carbons (Fsp3) is 0.273. The molecule has 1 saturated heterocycles. The number of hydrogen-bond acceptors (Lipinski definition) is 7. The Hall–Kier alpha value is -3.72. The van der Waals surface area contributed by atoms with Crippen molar-refractivity contribution in [2.75, 3.05) is 27.4 Å². The second-order valence-electron chi connectivity index (χ2n) is 6.92. The molecule has 2 aromatic rings. The fourth-order valence-electron chi connectivity index (χ4n) is 3.55. The predicted octanol–water partition coefficient (Wildman–Crippen LogP) is 3.06. The summed E-state index contributed by atoms with van der Waals surface area (Å²) in [6.07, 6.45) is 0.456. The van der Waals surface area contributed by atoms with Crippen LogP contribution in [0.1, 0.15) is 23.6 Å². The Kier molecular flexibility index (Phi) is 6.66. The van der Waals surface area contributed by atoms with Crippen molar-refractivity contribution in [2.24, 2.45) is 0 Å². The highest BCUT2D eigenvalue weighted by Crippen LogP contribution is 2.40. The number of hydrogen-bond donors (Lipinski definition) is 1. The van der Waals surface area contributed by atoms with E-state index in [1.54, 1.807) is 30.3 Å². The van der Waals surface area contributed by atoms with Gasteiger partial charge in [0.2, 0.25) is 0 Å². The second kappa shape index (κ2) is 9.40. The van der Waals surface area contributed by atoms with Crippen molar-refractivity contribution >= 4 is 23.1 Å². The largest absolute Gasteiger partial charge is 0.507 e. The molecule has 1 N–H and O–H groups in total. The standard InChI is InChI=1S/C22H22N2O7/c1-30-12-4-11-23-19(15-5-3-6-16(13-15)24(28)29)18(21(26)22(23)27)20(25)14-7-9-17(31-2)10-8-14/h3,5-10,13,19,25H,4,11-12H2,1-2H3/b20-18+/t19-/m0/s1. The summed E-state index contributed by atoms with van der Waals surface area (Å²) in [6, 6.07) is 11.1. The molecule has 1 heterocycles. The molecule has 0 spiro atoms. The number of aliphatic hydroxyl groups is 1. The van der Waals surface area contributed by atoms with E-state index in [-0.39, 0.29) is 23.6 Å². The maximum absolute atomic E-state index is 12.9. The lowest BCUT2D eigenvalue weighted by atomic mass is 9.95. The van der Waals surface area contributed by atoms with Gasteiger partial charge in [-0.25, -0.2) is 0 Å². The van der Waals surface area contributed by atoms with Gasteiger partial charge in [-0.05, 0) is 36.2 Å². The lowest BCUT2D eigenvalue weighted by molar-refractivity contribution is -0.384. The molecule has 9 heteroatoms. The van der Waals surface area contributed by atoms with Crippen LogP contribution >= 0.6 is 0 Å². The van der Waals surface area contributed by atoms with E-state index in [0.29, 0.717) is 29.9 Å². The van der Waals surface area contributed by atoms with Gasteiger partial charge in [0.25, 0.3) is 17.4 Å². The van der Waals surface area contributed by atoms with Gasteiger partial charge in [0.15, 0.2) is 0 Å². The smallest absolute Gasteiger partial charge is 0.295 e. The van der Waals surface area contributed by atoms with E-state index < -0.39 is 22.7 Å². The van der Waals surface area contributed by atoms with Crippen molar-refractivity contribution in [1.82, 2.24) is 4.90 Å². The summed E-state index contributed by atoms with van der Waals surface area (Å²) in [7, 11) is 3.03. The summed E-state index contributed by atoms with van der Waals surface area (Å²) in [5, 5.41) is 22.2. The lowest BCUT2D eigenvalue weighted by Gasteiger charge is -2.25. The normalized spacial score (nSPS) is 17.7. The van der Waals surface area contributed by atoms with Crippen molar-refractivity contribution in [3.05, 3.63) is 75.3 Å². The fourth-order valence-corrected chi connectivity index (χ4v) is 3.55. The summed E-state index contributed by atoms with van der Waals surface area (Å²) >= 11 is 0. The molecule has 0 aliphatic carbocycles. The van der Waals surface area contributed by atoms with Gasteiger partial charge >= 0.3 is 0 Å². The van der Waals surface area contributed by atoms with Crippen LogP contribution in [0, 0.1) is 10.1 Å². The third-order valence-electron chi connectivity index (χ3n) is 5.05. The van der Waals surface area contributed by atoms with Gasteiger partial charge in [-0.3, -0.25) is 19.7 Å². The van der Waals surface area contributed by atoms with Gasteiger partial charge in [-0.2, -0.15) is 0 Å². The quantitative estimate of drug-likeness (QED) is 0.172. The molecule has 1 atom stereocenters. The molecule has 31 heavy (non-hydrogen) atoms. The Morgan fingerprint density at radius 2 is 1.87 bits per heavy atom. The molecule has 0 bridgehead atoms. The number of rotatable bonds is 8. The molecule has 9 nitrogen and oxygen atoms in total. The number of methoxy groups -OCH3 is 2. The zero-order valence-corrected chi connectivity index (χ0v) is 17.1. The van der Waals surface area contributed by atoms with E-state index in [2.05, 4.69) is 0 Å². The van der Waals surface area contributed by atoms with Crippen LogP contribution in [-0.4, -0.2) is 54.0 Å². The summed E-state index contributed by atoms with van der Waals surface area (Å²) in [5.41, 5.74) is 0.393. The van der Waals surface area contributed by atoms with Crippen molar-refractivity contribution in [3.63, 3.8) is 0 Å². The minimum absolute atomic E-state index is 0.118. The average molecular weight is 426 g/mol. The third kappa shape index (κ3) is 4.41. The molecular weight excluding hydrogens is 404 g/mol. The molecule has 0 radical (unpaired) electrons. The summed E-state index contributed by atoms with van der Waals surface area (Å²) in [6.45, 7) is 0.550. The zero-order chi connectivity index (χ0) is 22.5. The van der Waals surface area contributed by atoms with Gasteiger partial charge in [0.05, 0.1) is 23.6 Å². The molecule has 1 amide bonds. The number of nitrogens with zero attached hydrogens (tertiary/aromatic N) is 2. The topological polar surface area (TPSA) is 119 Å². The Balaban J connectivity index is 2.14. The van der Waals surface area contributed by atoms with Crippen molar-refractivity contribution in [3.8, 4) is 5.75 Å². The lowest BCUT2D eigenvalue weighted by Crippen LogP contribution is -2.31. The molecular formula is C22H22N2O7. The molecule has 1 aliphatic heterocycles. The van der Waals surface area contributed by atoms with Gasteiger partial charge in [-0.1, -0.05) is 12.1 Å². The number of nitro benzene ring substituents is 1. The Morgan fingerprint density at radius 3 is 2.48 bits per heavy atom. The minimum Gasteiger partial charge on any atom is -0.507 e. The zero-order valence-electron chi connectivity index (χ0n) is 17.1. The highest BCUT2D eigenvalue weighted by atomic mass is 16.6. The van der Waals surface area contributed by atoms with Crippen LogP contribution in [0.15, 0.2) is 54.1 Å².